The molecule has 1 radical (unpaired) electrons. The lowest BCUT2D eigenvalue weighted by molar-refractivity contribution is -0.512. The van der Waals surface area contributed by atoms with E-state index < -0.39 is 43.4 Å². The highest BCUT2D eigenvalue weighted by Crippen LogP contribution is 2.46. The molecule has 10 heteroatoms. The lowest BCUT2D eigenvalue weighted by Crippen LogP contribution is -2.53. The first-order valence-electron chi connectivity index (χ1n) is 10.8. The summed E-state index contributed by atoms with van der Waals surface area (Å²) in [6.07, 6.45) is 0.0889. The second-order valence-corrected chi connectivity index (χ2v) is 12.4. The number of ether oxygens (including phenoxy) is 2. The van der Waals surface area contributed by atoms with Crippen LogP contribution in [0.1, 0.15) is 67.7 Å². The van der Waals surface area contributed by atoms with Gasteiger partial charge in [-0.1, -0.05) is 20.8 Å². The Bertz CT molecular complexity index is 657. The van der Waals surface area contributed by atoms with Crippen molar-refractivity contribution in [1.82, 2.24) is 4.90 Å². The molecule has 9 nitrogen and oxygen atoms in total. The molecular weight excluding hydrogens is 420 g/mol. The van der Waals surface area contributed by atoms with Gasteiger partial charge in [0, 0.05) is 24.3 Å². The largest absolute Gasteiger partial charge is 0.461 e. The van der Waals surface area contributed by atoms with Gasteiger partial charge in [-0.15, -0.1) is 0 Å². The molecule has 1 rings (SSSR count). The second kappa shape index (κ2) is 10.3. The Balaban J connectivity index is 3.31. The highest BCUT2D eigenvalue weighted by molar-refractivity contribution is 6.48. The predicted molar refractivity (Wildman–Crippen MR) is 118 cm³/mol. The molecule has 1 aliphatic rings. The molecule has 179 valence electrons. The Labute approximate surface area is 187 Å². The van der Waals surface area contributed by atoms with Crippen molar-refractivity contribution < 1.29 is 28.4 Å². The highest BCUT2D eigenvalue weighted by atomic mass is 28.3. The third-order valence-corrected chi connectivity index (χ3v) is 6.10. The van der Waals surface area contributed by atoms with Crippen LogP contribution in [-0.4, -0.2) is 61.4 Å². The van der Waals surface area contributed by atoms with E-state index in [1.54, 1.807) is 32.6 Å². The van der Waals surface area contributed by atoms with Gasteiger partial charge in [0.05, 0.1) is 6.61 Å². The Morgan fingerprint density at radius 2 is 1.81 bits per heavy atom. The van der Waals surface area contributed by atoms with Gasteiger partial charge in [-0.2, -0.15) is 0 Å². The van der Waals surface area contributed by atoms with Gasteiger partial charge in [0.15, 0.2) is 0 Å². The third-order valence-electron chi connectivity index (χ3n) is 5.31. The highest BCUT2D eigenvalue weighted by Gasteiger charge is 2.54. The average molecular weight is 460 g/mol. The normalized spacial score (nSPS) is 23.0. The molecule has 0 aromatic carbocycles. The maximum atomic E-state index is 13.2. The van der Waals surface area contributed by atoms with Crippen molar-refractivity contribution in [2.24, 2.45) is 11.3 Å². The summed E-state index contributed by atoms with van der Waals surface area (Å²) in [5.74, 6) is -0.756. The molecule has 0 N–H and O–H groups in total. The first-order valence-corrected chi connectivity index (χ1v) is 13.2. The van der Waals surface area contributed by atoms with Gasteiger partial charge in [-0.3, -0.25) is 15.0 Å². The van der Waals surface area contributed by atoms with Gasteiger partial charge in [0.1, 0.15) is 11.3 Å². The number of carbonyl (C=O) groups is 2. The van der Waals surface area contributed by atoms with Crippen LogP contribution in [0.2, 0.25) is 13.1 Å². The van der Waals surface area contributed by atoms with Gasteiger partial charge in [0.2, 0.25) is 9.04 Å². The molecule has 1 saturated heterocycles. The SMILES string of the molecule is CCOC(=O)C(CC[C@]1(O[Si](C)C)C[C@H](C(C)(C)C)CN1C(=O)OC(C)(C)C)[N+](=O)[O-]. The molecular formula is C21H39N2O7Si. The van der Waals surface area contributed by atoms with E-state index in [0.717, 1.165) is 0 Å². The molecule has 0 aromatic rings. The Kier molecular flexibility index (Phi) is 9.08. The van der Waals surface area contributed by atoms with Crippen molar-refractivity contribution in [3.63, 3.8) is 0 Å². The van der Waals surface area contributed by atoms with E-state index in [1.807, 2.05) is 13.1 Å². The minimum Gasteiger partial charge on any atom is -0.461 e. The summed E-state index contributed by atoms with van der Waals surface area (Å²) in [4.78, 5) is 37.8. The minimum atomic E-state index is -1.50. The monoisotopic (exact) mass is 459 g/mol. The van der Waals surface area contributed by atoms with Crippen LogP contribution in [0.5, 0.6) is 0 Å². The zero-order chi connectivity index (χ0) is 24.2. The van der Waals surface area contributed by atoms with Crippen molar-refractivity contribution in [1.29, 1.82) is 0 Å². The summed E-state index contributed by atoms with van der Waals surface area (Å²) < 4.78 is 16.9. The van der Waals surface area contributed by atoms with E-state index in [-0.39, 0.29) is 30.8 Å². The summed E-state index contributed by atoms with van der Waals surface area (Å²) in [7, 11) is -1.28. The van der Waals surface area contributed by atoms with E-state index in [2.05, 4.69) is 20.8 Å². The fraction of sp³-hybridized carbons (Fsp3) is 0.905. The van der Waals surface area contributed by atoms with Gasteiger partial charge in [-0.05, 0) is 58.5 Å². The molecule has 1 fully saturated rings. The molecule has 3 atom stereocenters. The molecule has 1 heterocycles. The average Bonchev–Trinajstić information content (AvgIpc) is 2.92. The fourth-order valence-electron chi connectivity index (χ4n) is 3.76. The zero-order valence-electron chi connectivity index (χ0n) is 20.4. The number of nitro groups is 1. The standard InChI is InChI=1S/C21H39N2O7Si/c1-10-28-17(24)16(23(26)27)11-12-21(30-31(8)9)13-15(19(2,3)4)14-22(21)18(25)29-20(5,6)7/h15-16H,10-14H2,1-9H3/t15-,16?,21-/m0/s1. The van der Waals surface area contributed by atoms with Crippen LogP contribution < -0.4 is 0 Å². The number of likely N-dealkylation sites (tertiary alicyclic amines) is 1. The molecule has 31 heavy (non-hydrogen) atoms. The van der Waals surface area contributed by atoms with Crippen LogP contribution in [0, 0.1) is 21.4 Å². The van der Waals surface area contributed by atoms with Crippen LogP contribution in [0.25, 0.3) is 0 Å². The minimum absolute atomic E-state index is 0.0675. The fourth-order valence-corrected chi connectivity index (χ4v) is 4.81. The first kappa shape index (κ1) is 27.4. The maximum absolute atomic E-state index is 13.2. The molecule has 0 bridgehead atoms. The summed E-state index contributed by atoms with van der Waals surface area (Å²) in [5, 5.41) is 11.5. The first-order chi connectivity index (χ1) is 14.0. The lowest BCUT2D eigenvalue weighted by Gasteiger charge is -2.40. The Morgan fingerprint density at radius 3 is 2.23 bits per heavy atom. The van der Waals surface area contributed by atoms with Crippen LogP contribution in [0.3, 0.4) is 0 Å². The van der Waals surface area contributed by atoms with Gasteiger partial charge in [0.25, 0.3) is 0 Å². The van der Waals surface area contributed by atoms with Crippen LogP contribution in [-0.2, 0) is 18.7 Å². The second-order valence-electron chi connectivity index (χ2n) is 10.4. The van der Waals surface area contributed by atoms with Crippen LogP contribution in [0.4, 0.5) is 4.79 Å². The van der Waals surface area contributed by atoms with Crippen LogP contribution in [0.15, 0.2) is 0 Å². The van der Waals surface area contributed by atoms with E-state index in [4.69, 9.17) is 13.9 Å². The number of amides is 1. The molecule has 1 aliphatic heterocycles. The Hall–Kier alpha value is -1.68. The topological polar surface area (TPSA) is 108 Å². The summed E-state index contributed by atoms with van der Waals surface area (Å²) in [6, 6.07) is -1.50. The summed E-state index contributed by atoms with van der Waals surface area (Å²) >= 11 is 0. The predicted octanol–water partition coefficient (Wildman–Crippen LogP) is 4.24. The van der Waals surface area contributed by atoms with Gasteiger partial charge in [-0.25, -0.2) is 9.59 Å². The number of hydrogen-bond acceptors (Lipinski definition) is 7. The van der Waals surface area contributed by atoms with E-state index >= 15 is 0 Å². The molecule has 1 amide bonds. The van der Waals surface area contributed by atoms with Crippen molar-refractivity contribution in [3.05, 3.63) is 10.1 Å². The van der Waals surface area contributed by atoms with E-state index in [9.17, 15) is 19.7 Å². The molecule has 0 saturated carbocycles. The lowest BCUT2D eigenvalue weighted by atomic mass is 9.78. The van der Waals surface area contributed by atoms with Crippen molar-refractivity contribution in [2.75, 3.05) is 13.2 Å². The number of esters is 1. The smallest absolute Gasteiger partial charge is 0.412 e. The number of rotatable bonds is 8. The van der Waals surface area contributed by atoms with Gasteiger partial charge >= 0.3 is 18.1 Å². The van der Waals surface area contributed by atoms with Crippen molar-refractivity contribution in [2.45, 2.75) is 98.2 Å². The van der Waals surface area contributed by atoms with E-state index in [1.165, 1.54) is 0 Å². The molecule has 0 aliphatic carbocycles. The number of carbonyl (C=O) groups excluding carboxylic acids is 2. The third kappa shape index (κ3) is 7.75. The zero-order valence-corrected chi connectivity index (χ0v) is 21.4. The quantitative estimate of drug-likeness (QED) is 0.231. The van der Waals surface area contributed by atoms with Crippen LogP contribution >= 0.6 is 0 Å². The molecule has 0 spiro atoms. The number of nitrogens with zero attached hydrogens (tertiary/aromatic N) is 2. The molecule has 0 aromatic heterocycles. The van der Waals surface area contributed by atoms with Gasteiger partial charge < -0.3 is 13.9 Å². The summed E-state index contributed by atoms with van der Waals surface area (Å²) in [5.41, 5.74) is -1.86. The molecule has 1 unspecified atom stereocenters. The van der Waals surface area contributed by atoms with Crippen molar-refractivity contribution in [3.8, 4) is 0 Å². The number of hydrogen-bond donors (Lipinski definition) is 0. The van der Waals surface area contributed by atoms with Crippen molar-refractivity contribution >= 4 is 21.1 Å². The summed E-state index contributed by atoms with van der Waals surface area (Å²) in [6.45, 7) is 17.7. The Morgan fingerprint density at radius 1 is 1.23 bits per heavy atom. The maximum Gasteiger partial charge on any atom is 0.412 e. The van der Waals surface area contributed by atoms with E-state index in [0.29, 0.717) is 13.0 Å².